The minimum absolute atomic E-state index is 0.0426. The summed E-state index contributed by atoms with van der Waals surface area (Å²) in [4.78, 5) is 10.9. The number of benzene rings is 1. The third kappa shape index (κ3) is 7.92. The first-order chi connectivity index (χ1) is 9.72. The number of anilines is 1. The molecule has 20 heavy (non-hydrogen) atoms. The second-order valence-corrected chi connectivity index (χ2v) is 4.87. The van der Waals surface area contributed by atoms with Gasteiger partial charge in [-0.15, -0.1) is 0 Å². The summed E-state index contributed by atoms with van der Waals surface area (Å²) >= 11 is 0. The van der Waals surface area contributed by atoms with Crippen LogP contribution in [0.3, 0.4) is 0 Å². The second-order valence-electron chi connectivity index (χ2n) is 4.87. The molecule has 0 heterocycles. The van der Waals surface area contributed by atoms with Crippen molar-refractivity contribution in [1.29, 1.82) is 0 Å². The van der Waals surface area contributed by atoms with Gasteiger partial charge in [0.1, 0.15) is 0 Å². The van der Waals surface area contributed by atoms with Crippen molar-refractivity contribution < 1.29 is 9.53 Å². The van der Waals surface area contributed by atoms with Crippen LogP contribution < -0.4 is 10.6 Å². The Morgan fingerprint density at radius 1 is 1.15 bits per heavy atom. The van der Waals surface area contributed by atoms with Crippen molar-refractivity contribution in [3.8, 4) is 0 Å². The molecule has 1 amide bonds. The van der Waals surface area contributed by atoms with Gasteiger partial charge in [0, 0.05) is 32.4 Å². The van der Waals surface area contributed by atoms with Crippen LogP contribution in [0.15, 0.2) is 24.3 Å². The lowest BCUT2D eigenvalue weighted by Crippen LogP contribution is -2.16. The Bertz CT molecular complexity index is 377. The van der Waals surface area contributed by atoms with Crippen LogP contribution in [0.2, 0.25) is 0 Å². The maximum absolute atomic E-state index is 10.9. The van der Waals surface area contributed by atoms with E-state index in [4.69, 9.17) is 4.74 Å². The summed E-state index contributed by atoms with van der Waals surface area (Å²) in [6, 6.07) is 7.89. The van der Waals surface area contributed by atoms with Gasteiger partial charge in [-0.25, -0.2) is 0 Å². The van der Waals surface area contributed by atoms with E-state index in [-0.39, 0.29) is 5.91 Å². The average molecular weight is 278 g/mol. The fraction of sp³-hybridized carbons (Fsp3) is 0.562. The van der Waals surface area contributed by atoms with Crippen LogP contribution >= 0.6 is 0 Å². The third-order valence-electron chi connectivity index (χ3n) is 2.89. The fourth-order valence-electron chi connectivity index (χ4n) is 1.79. The van der Waals surface area contributed by atoms with E-state index in [1.807, 2.05) is 24.3 Å². The van der Waals surface area contributed by atoms with Gasteiger partial charge in [0.05, 0.1) is 0 Å². The highest BCUT2D eigenvalue weighted by molar-refractivity contribution is 5.88. The number of hydrogen-bond acceptors (Lipinski definition) is 3. The van der Waals surface area contributed by atoms with Gasteiger partial charge in [-0.05, 0) is 37.1 Å². The largest absolute Gasteiger partial charge is 0.381 e. The van der Waals surface area contributed by atoms with E-state index in [0.717, 1.165) is 44.8 Å². The molecule has 0 aromatic heterocycles. The number of amides is 1. The molecule has 0 saturated carbocycles. The van der Waals surface area contributed by atoms with Crippen molar-refractivity contribution in [2.45, 2.75) is 39.7 Å². The quantitative estimate of drug-likeness (QED) is 0.647. The second kappa shape index (κ2) is 10.4. The maximum atomic E-state index is 10.9. The van der Waals surface area contributed by atoms with E-state index >= 15 is 0 Å². The van der Waals surface area contributed by atoms with Crippen molar-refractivity contribution >= 4 is 11.6 Å². The van der Waals surface area contributed by atoms with Crippen molar-refractivity contribution in [2.24, 2.45) is 0 Å². The molecule has 0 radical (unpaired) electrons. The lowest BCUT2D eigenvalue weighted by molar-refractivity contribution is -0.114. The Morgan fingerprint density at radius 3 is 2.50 bits per heavy atom. The summed E-state index contributed by atoms with van der Waals surface area (Å²) in [7, 11) is 0. The molecule has 0 spiro atoms. The standard InChI is InChI=1S/C16H26N2O2/c1-3-4-11-20-12-5-10-17-13-15-6-8-16(9-7-15)18-14(2)19/h6-9,17H,3-5,10-13H2,1-2H3,(H,18,19). The van der Waals surface area contributed by atoms with Crippen LogP contribution in [-0.4, -0.2) is 25.7 Å². The molecule has 1 aromatic rings. The molecular weight excluding hydrogens is 252 g/mol. The molecule has 0 aliphatic carbocycles. The number of hydrogen-bond donors (Lipinski definition) is 2. The number of carbonyl (C=O) groups is 1. The van der Waals surface area contributed by atoms with E-state index in [9.17, 15) is 4.79 Å². The van der Waals surface area contributed by atoms with E-state index < -0.39 is 0 Å². The Labute approximate surface area is 121 Å². The number of nitrogens with one attached hydrogen (secondary N) is 2. The SMILES string of the molecule is CCCCOCCCNCc1ccc(NC(C)=O)cc1. The van der Waals surface area contributed by atoms with Gasteiger partial charge in [-0.2, -0.15) is 0 Å². The minimum Gasteiger partial charge on any atom is -0.381 e. The van der Waals surface area contributed by atoms with Crippen LogP contribution in [0.1, 0.15) is 38.7 Å². The van der Waals surface area contributed by atoms with Gasteiger partial charge in [0.15, 0.2) is 0 Å². The smallest absolute Gasteiger partial charge is 0.221 e. The monoisotopic (exact) mass is 278 g/mol. The van der Waals surface area contributed by atoms with Crippen molar-refractivity contribution in [1.82, 2.24) is 5.32 Å². The van der Waals surface area contributed by atoms with Crippen LogP contribution in [-0.2, 0) is 16.1 Å². The molecule has 1 rings (SSSR count). The van der Waals surface area contributed by atoms with E-state index in [1.165, 1.54) is 18.9 Å². The topological polar surface area (TPSA) is 50.4 Å². The highest BCUT2D eigenvalue weighted by Gasteiger charge is 1.96. The van der Waals surface area contributed by atoms with Gasteiger partial charge >= 0.3 is 0 Å². The fourth-order valence-corrected chi connectivity index (χ4v) is 1.79. The van der Waals surface area contributed by atoms with Crippen LogP contribution in [0.25, 0.3) is 0 Å². The van der Waals surface area contributed by atoms with Crippen LogP contribution in [0.5, 0.6) is 0 Å². The first kappa shape index (κ1) is 16.7. The van der Waals surface area contributed by atoms with Gasteiger partial charge in [0.2, 0.25) is 5.91 Å². The molecule has 4 heteroatoms. The molecule has 0 unspecified atom stereocenters. The molecular formula is C16H26N2O2. The molecule has 0 atom stereocenters. The molecule has 2 N–H and O–H groups in total. The summed E-state index contributed by atoms with van der Waals surface area (Å²) in [5.74, 6) is -0.0426. The highest BCUT2D eigenvalue weighted by atomic mass is 16.5. The highest BCUT2D eigenvalue weighted by Crippen LogP contribution is 2.09. The lowest BCUT2D eigenvalue weighted by atomic mass is 10.2. The van der Waals surface area contributed by atoms with E-state index in [1.54, 1.807) is 0 Å². The average Bonchev–Trinajstić information content (AvgIpc) is 2.43. The zero-order chi connectivity index (χ0) is 14.6. The summed E-state index contributed by atoms with van der Waals surface area (Å²) in [6.45, 7) is 7.19. The zero-order valence-corrected chi connectivity index (χ0v) is 12.6. The lowest BCUT2D eigenvalue weighted by Gasteiger charge is -2.07. The van der Waals surface area contributed by atoms with Gasteiger partial charge in [-0.1, -0.05) is 25.5 Å². The van der Waals surface area contributed by atoms with Crippen LogP contribution in [0, 0.1) is 0 Å². The van der Waals surface area contributed by atoms with Gasteiger partial charge < -0.3 is 15.4 Å². The summed E-state index contributed by atoms with van der Waals surface area (Å²) in [6.07, 6.45) is 3.37. The minimum atomic E-state index is -0.0426. The third-order valence-corrected chi connectivity index (χ3v) is 2.89. The first-order valence-electron chi connectivity index (χ1n) is 7.37. The maximum Gasteiger partial charge on any atom is 0.221 e. The molecule has 0 aliphatic rings. The number of rotatable bonds is 10. The molecule has 4 nitrogen and oxygen atoms in total. The summed E-state index contributed by atoms with van der Waals surface area (Å²) < 4.78 is 5.50. The normalized spacial score (nSPS) is 10.5. The van der Waals surface area contributed by atoms with E-state index in [2.05, 4.69) is 17.6 Å². The zero-order valence-electron chi connectivity index (χ0n) is 12.6. The van der Waals surface area contributed by atoms with Crippen molar-refractivity contribution in [3.63, 3.8) is 0 Å². The molecule has 0 saturated heterocycles. The molecule has 0 bridgehead atoms. The summed E-state index contributed by atoms with van der Waals surface area (Å²) in [5.41, 5.74) is 2.05. The Morgan fingerprint density at radius 2 is 1.85 bits per heavy atom. The van der Waals surface area contributed by atoms with Crippen LogP contribution in [0.4, 0.5) is 5.69 Å². The van der Waals surface area contributed by atoms with Crippen molar-refractivity contribution in [3.05, 3.63) is 29.8 Å². The Kier molecular flexibility index (Phi) is 8.67. The molecule has 0 aliphatic heterocycles. The predicted molar refractivity (Wildman–Crippen MR) is 82.8 cm³/mol. The number of unbranched alkanes of at least 4 members (excludes halogenated alkanes) is 1. The number of carbonyl (C=O) groups excluding carboxylic acids is 1. The summed E-state index contributed by atoms with van der Waals surface area (Å²) in [5, 5.41) is 6.14. The Hall–Kier alpha value is -1.39. The van der Waals surface area contributed by atoms with Gasteiger partial charge in [0.25, 0.3) is 0 Å². The first-order valence-corrected chi connectivity index (χ1v) is 7.37. The molecule has 1 aromatic carbocycles. The Balaban J connectivity index is 2.08. The predicted octanol–water partition coefficient (Wildman–Crippen LogP) is 2.94. The molecule has 0 fully saturated rings. The van der Waals surface area contributed by atoms with Crippen molar-refractivity contribution in [2.75, 3.05) is 25.1 Å². The van der Waals surface area contributed by atoms with E-state index in [0.29, 0.717) is 0 Å². The molecule has 112 valence electrons. The number of ether oxygens (including phenoxy) is 1. The van der Waals surface area contributed by atoms with Gasteiger partial charge in [-0.3, -0.25) is 4.79 Å².